The number of hydrogen-bond donors (Lipinski definition) is 0. The van der Waals surface area contributed by atoms with Gasteiger partial charge in [0, 0.05) is 0 Å². The van der Waals surface area contributed by atoms with Gasteiger partial charge in [0.25, 0.3) is 0 Å². The monoisotopic (exact) mass is 324 g/mol. The van der Waals surface area contributed by atoms with E-state index in [2.05, 4.69) is 6.92 Å². The first-order valence-corrected chi connectivity index (χ1v) is 8.19. The Kier molecular flexibility index (Phi) is 4.60. The van der Waals surface area contributed by atoms with Gasteiger partial charge in [-0.1, -0.05) is 25.3 Å². The van der Waals surface area contributed by atoms with Gasteiger partial charge in [0.1, 0.15) is 5.83 Å². The van der Waals surface area contributed by atoms with Crippen molar-refractivity contribution in [2.75, 3.05) is 0 Å². The fraction of sp³-hybridized carbons (Fsp3) is 0.474. The van der Waals surface area contributed by atoms with E-state index in [0.29, 0.717) is 18.8 Å². The molecule has 0 saturated heterocycles. The molecule has 4 heteroatoms. The largest absolute Gasteiger partial charge is 0.207 e. The summed E-state index contributed by atoms with van der Waals surface area (Å²) in [6, 6.07) is 1.74. The van der Waals surface area contributed by atoms with Gasteiger partial charge in [-0.15, -0.1) is 0 Å². The molecule has 1 saturated carbocycles. The summed E-state index contributed by atoms with van der Waals surface area (Å²) in [4.78, 5) is 0. The standard InChI is InChI=1S/C19H20F4/c1-11-2-4-12(5-3-11)13-6-7-15(16(20)8-13)14-9-17(21)19(23)18(22)10-14/h8-12H,2-7H2,1H3. The molecule has 0 aromatic heterocycles. The Hall–Kier alpha value is -1.58. The van der Waals surface area contributed by atoms with Gasteiger partial charge in [0.05, 0.1) is 0 Å². The van der Waals surface area contributed by atoms with Gasteiger partial charge < -0.3 is 0 Å². The smallest absolute Gasteiger partial charge is 0.194 e. The van der Waals surface area contributed by atoms with Gasteiger partial charge in [0.15, 0.2) is 17.5 Å². The van der Waals surface area contributed by atoms with Gasteiger partial charge in [0.2, 0.25) is 0 Å². The summed E-state index contributed by atoms with van der Waals surface area (Å²) < 4.78 is 54.2. The van der Waals surface area contributed by atoms with E-state index < -0.39 is 23.3 Å². The lowest BCUT2D eigenvalue weighted by Gasteiger charge is -2.30. The van der Waals surface area contributed by atoms with Crippen LogP contribution in [0, 0.1) is 29.3 Å². The van der Waals surface area contributed by atoms with E-state index in [1.807, 2.05) is 0 Å². The van der Waals surface area contributed by atoms with E-state index >= 15 is 0 Å². The lowest BCUT2D eigenvalue weighted by Crippen LogP contribution is -2.15. The fourth-order valence-corrected chi connectivity index (χ4v) is 3.68. The summed E-state index contributed by atoms with van der Waals surface area (Å²) in [5.41, 5.74) is 1.45. The predicted octanol–water partition coefficient (Wildman–Crippen LogP) is 6.33. The SMILES string of the molecule is CC1CCC(C2=CC(F)=C(c3cc(F)c(F)c(F)c3)CC2)CC1. The summed E-state index contributed by atoms with van der Waals surface area (Å²) in [7, 11) is 0. The van der Waals surface area contributed by atoms with E-state index in [9.17, 15) is 17.6 Å². The number of rotatable bonds is 2. The minimum absolute atomic E-state index is 0.0893. The van der Waals surface area contributed by atoms with Crippen LogP contribution in [-0.4, -0.2) is 0 Å². The van der Waals surface area contributed by atoms with Gasteiger partial charge in [-0.3, -0.25) is 0 Å². The maximum atomic E-state index is 14.4. The molecule has 0 aliphatic heterocycles. The highest BCUT2D eigenvalue weighted by molar-refractivity contribution is 5.71. The highest BCUT2D eigenvalue weighted by atomic mass is 19.2. The zero-order chi connectivity index (χ0) is 16.6. The normalized spacial score (nSPS) is 25.5. The lowest BCUT2D eigenvalue weighted by molar-refractivity contribution is 0.315. The van der Waals surface area contributed by atoms with Crippen molar-refractivity contribution in [2.45, 2.75) is 45.4 Å². The van der Waals surface area contributed by atoms with Crippen LogP contribution in [0.3, 0.4) is 0 Å². The second-order valence-corrected chi connectivity index (χ2v) is 6.76. The van der Waals surface area contributed by atoms with E-state index in [1.54, 1.807) is 0 Å². The van der Waals surface area contributed by atoms with Gasteiger partial charge >= 0.3 is 0 Å². The zero-order valence-electron chi connectivity index (χ0n) is 13.1. The number of allylic oxidation sites excluding steroid dienone is 4. The number of benzene rings is 1. The van der Waals surface area contributed by atoms with E-state index in [0.717, 1.165) is 49.3 Å². The minimum atomic E-state index is -1.52. The number of halogens is 4. The molecule has 1 fully saturated rings. The average Bonchev–Trinajstić information content (AvgIpc) is 2.53. The molecule has 0 N–H and O–H groups in total. The Morgan fingerprint density at radius 3 is 2.04 bits per heavy atom. The van der Waals surface area contributed by atoms with Crippen LogP contribution in [0.15, 0.2) is 29.6 Å². The molecule has 0 atom stereocenters. The van der Waals surface area contributed by atoms with Crippen LogP contribution in [0.1, 0.15) is 51.0 Å². The third kappa shape index (κ3) is 3.36. The molecule has 0 nitrogen and oxygen atoms in total. The Bertz CT molecular complexity index is 641. The molecule has 0 heterocycles. The van der Waals surface area contributed by atoms with Crippen molar-refractivity contribution in [3.05, 3.63) is 52.6 Å². The van der Waals surface area contributed by atoms with Gasteiger partial charge in [-0.05, 0) is 66.9 Å². The predicted molar refractivity (Wildman–Crippen MR) is 82.8 cm³/mol. The summed E-state index contributed by atoms with van der Waals surface area (Å²) >= 11 is 0. The van der Waals surface area contributed by atoms with Crippen molar-refractivity contribution in [1.29, 1.82) is 0 Å². The van der Waals surface area contributed by atoms with Crippen LogP contribution in [0.5, 0.6) is 0 Å². The van der Waals surface area contributed by atoms with Crippen molar-refractivity contribution in [3.8, 4) is 0 Å². The van der Waals surface area contributed by atoms with Gasteiger partial charge in [-0.2, -0.15) is 0 Å². The van der Waals surface area contributed by atoms with Crippen LogP contribution < -0.4 is 0 Å². The molecule has 0 spiro atoms. The van der Waals surface area contributed by atoms with Crippen LogP contribution in [0.25, 0.3) is 5.57 Å². The van der Waals surface area contributed by atoms with Crippen molar-refractivity contribution in [2.24, 2.45) is 11.8 Å². The van der Waals surface area contributed by atoms with Crippen LogP contribution in [-0.2, 0) is 0 Å². The lowest BCUT2D eigenvalue weighted by atomic mass is 9.76. The first-order valence-electron chi connectivity index (χ1n) is 8.19. The topological polar surface area (TPSA) is 0 Å². The third-order valence-electron chi connectivity index (χ3n) is 5.14. The molecule has 23 heavy (non-hydrogen) atoms. The zero-order valence-corrected chi connectivity index (χ0v) is 13.1. The summed E-state index contributed by atoms with van der Waals surface area (Å²) in [5.74, 6) is -3.38. The molecule has 124 valence electrons. The Morgan fingerprint density at radius 2 is 1.48 bits per heavy atom. The van der Waals surface area contributed by atoms with E-state index in [4.69, 9.17) is 0 Å². The first kappa shape index (κ1) is 16.3. The second-order valence-electron chi connectivity index (χ2n) is 6.76. The molecule has 0 amide bonds. The van der Waals surface area contributed by atoms with E-state index in [-0.39, 0.29) is 11.1 Å². The Balaban J connectivity index is 1.86. The molecule has 1 aromatic carbocycles. The summed E-state index contributed by atoms with van der Waals surface area (Å²) in [5, 5.41) is 0. The molecular weight excluding hydrogens is 304 g/mol. The molecule has 2 aliphatic carbocycles. The molecule has 2 aliphatic rings. The average molecular weight is 324 g/mol. The maximum absolute atomic E-state index is 14.4. The van der Waals surface area contributed by atoms with Crippen LogP contribution in [0.4, 0.5) is 17.6 Å². The van der Waals surface area contributed by atoms with Crippen molar-refractivity contribution >= 4 is 5.57 Å². The highest BCUT2D eigenvalue weighted by Gasteiger charge is 2.25. The number of hydrogen-bond acceptors (Lipinski definition) is 0. The van der Waals surface area contributed by atoms with Crippen molar-refractivity contribution in [3.63, 3.8) is 0 Å². The van der Waals surface area contributed by atoms with Crippen molar-refractivity contribution < 1.29 is 17.6 Å². The first-order chi connectivity index (χ1) is 11.0. The molecule has 0 unspecified atom stereocenters. The van der Waals surface area contributed by atoms with E-state index in [1.165, 1.54) is 6.08 Å². The quantitative estimate of drug-likeness (QED) is 0.440. The highest BCUT2D eigenvalue weighted by Crippen LogP contribution is 2.40. The van der Waals surface area contributed by atoms with Gasteiger partial charge in [-0.25, -0.2) is 17.6 Å². The van der Waals surface area contributed by atoms with Crippen LogP contribution >= 0.6 is 0 Å². The Morgan fingerprint density at radius 1 is 0.870 bits per heavy atom. The fourth-order valence-electron chi connectivity index (χ4n) is 3.68. The second kappa shape index (κ2) is 6.50. The molecule has 0 bridgehead atoms. The molecule has 3 rings (SSSR count). The van der Waals surface area contributed by atoms with Crippen LogP contribution in [0.2, 0.25) is 0 Å². The molecule has 1 aromatic rings. The maximum Gasteiger partial charge on any atom is 0.194 e. The summed E-state index contributed by atoms with van der Waals surface area (Å²) in [6.07, 6.45) is 7.10. The minimum Gasteiger partial charge on any atom is -0.207 e. The molecule has 0 radical (unpaired) electrons. The molecular formula is C19H20F4. The third-order valence-corrected chi connectivity index (χ3v) is 5.14. The Labute approximate surface area is 133 Å². The summed E-state index contributed by atoms with van der Waals surface area (Å²) in [6.45, 7) is 2.24. The van der Waals surface area contributed by atoms with Crippen molar-refractivity contribution in [1.82, 2.24) is 0 Å².